The fourth-order valence-corrected chi connectivity index (χ4v) is 3.20. The van der Waals surface area contributed by atoms with Crippen LogP contribution in [0.5, 0.6) is 0 Å². The molecule has 3 N–H and O–H groups in total. The molecule has 0 unspecified atom stereocenters. The van der Waals surface area contributed by atoms with E-state index in [-0.39, 0.29) is 29.9 Å². The fourth-order valence-electron chi connectivity index (χ4n) is 3.20. The second-order valence-corrected chi connectivity index (χ2v) is 6.89. The Kier molecular flexibility index (Phi) is 9.72. The van der Waals surface area contributed by atoms with E-state index >= 15 is 0 Å². The van der Waals surface area contributed by atoms with Crippen LogP contribution in [0.2, 0.25) is 0 Å². The van der Waals surface area contributed by atoms with E-state index in [1.165, 1.54) is 17.2 Å². The number of aliphatic imine (C=N–C) groups is 1. The molecular formula is C22H30IN5O2. The van der Waals surface area contributed by atoms with E-state index in [0.29, 0.717) is 12.3 Å². The molecule has 0 atom stereocenters. The van der Waals surface area contributed by atoms with Crippen LogP contribution in [0, 0.1) is 6.92 Å². The smallest absolute Gasteiger partial charge is 0.287 e. The van der Waals surface area contributed by atoms with Gasteiger partial charge in [0.25, 0.3) is 5.91 Å². The van der Waals surface area contributed by atoms with Gasteiger partial charge in [-0.15, -0.1) is 24.0 Å². The van der Waals surface area contributed by atoms with E-state index in [1.807, 2.05) is 6.92 Å². The highest BCUT2D eigenvalue weighted by Gasteiger charge is 2.11. The first-order valence-electron chi connectivity index (χ1n) is 9.99. The Bertz CT molecular complexity index is 963. The Hall–Kier alpha value is -2.49. The second kappa shape index (κ2) is 12.3. The number of carbonyl (C=O) groups excluding carboxylic acids is 1. The molecule has 1 amide bonds. The molecule has 3 aromatic rings. The normalized spacial score (nSPS) is 11.2. The number of benzene rings is 1. The summed E-state index contributed by atoms with van der Waals surface area (Å²) in [5.41, 5.74) is 2.11. The monoisotopic (exact) mass is 523 g/mol. The lowest BCUT2D eigenvalue weighted by atomic mass is 10.2. The summed E-state index contributed by atoms with van der Waals surface area (Å²) in [6, 6.07) is 12.3. The lowest BCUT2D eigenvalue weighted by molar-refractivity contribution is 0.0925. The number of hydrogen-bond acceptors (Lipinski definition) is 3. The van der Waals surface area contributed by atoms with Crippen LogP contribution in [-0.2, 0) is 6.54 Å². The molecule has 0 fully saturated rings. The van der Waals surface area contributed by atoms with E-state index < -0.39 is 0 Å². The molecular weight excluding hydrogens is 493 g/mol. The topological polar surface area (TPSA) is 83.6 Å². The van der Waals surface area contributed by atoms with Crippen molar-refractivity contribution in [2.24, 2.45) is 4.99 Å². The molecule has 0 saturated heterocycles. The number of carbonyl (C=O) groups is 1. The van der Waals surface area contributed by atoms with Gasteiger partial charge in [-0.05, 0) is 43.4 Å². The largest absolute Gasteiger partial charge is 0.459 e. The lowest BCUT2D eigenvalue weighted by Gasteiger charge is -2.12. The molecule has 162 valence electrons. The lowest BCUT2D eigenvalue weighted by Crippen LogP contribution is -2.39. The highest BCUT2D eigenvalue weighted by Crippen LogP contribution is 2.15. The van der Waals surface area contributed by atoms with Crippen LogP contribution < -0.4 is 16.0 Å². The van der Waals surface area contributed by atoms with E-state index in [4.69, 9.17) is 4.42 Å². The van der Waals surface area contributed by atoms with Gasteiger partial charge >= 0.3 is 0 Å². The zero-order valence-electron chi connectivity index (χ0n) is 17.5. The van der Waals surface area contributed by atoms with Crippen LogP contribution in [0.4, 0.5) is 0 Å². The zero-order valence-corrected chi connectivity index (χ0v) is 19.8. The molecule has 0 aliphatic carbocycles. The number of furan rings is 1. The summed E-state index contributed by atoms with van der Waals surface area (Å²) in [5, 5.41) is 10.7. The highest BCUT2D eigenvalue weighted by atomic mass is 127. The predicted octanol–water partition coefficient (Wildman–Crippen LogP) is 3.54. The molecule has 2 aromatic heterocycles. The summed E-state index contributed by atoms with van der Waals surface area (Å²) in [7, 11) is 1.76. The SMILES string of the molecule is CN=C(NCCCNC(=O)c1occc1C)NCCCn1ccc2ccccc21.I. The van der Waals surface area contributed by atoms with Crippen molar-refractivity contribution < 1.29 is 9.21 Å². The van der Waals surface area contributed by atoms with Crippen molar-refractivity contribution in [1.82, 2.24) is 20.5 Å². The molecule has 0 radical (unpaired) electrons. The van der Waals surface area contributed by atoms with Crippen molar-refractivity contribution in [3.8, 4) is 0 Å². The molecule has 0 saturated carbocycles. The molecule has 1 aromatic carbocycles. The van der Waals surface area contributed by atoms with Crippen molar-refractivity contribution in [3.63, 3.8) is 0 Å². The number of hydrogen-bond donors (Lipinski definition) is 3. The van der Waals surface area contributed by atoms with Crippen molar-refractivity contribution in [1.29, 1.82) is 0 Å². The third kappa shape index (κ3) is 6.51. The second-order valence-electron chi connectivity index (χ2n) is 6.89. The van der Waals surface area contributed by atoms with Gasteiger partial charge in [-0.25, -0.2) is 0 Å². The van der Waals surface area contributed by atoms with Crippen LogP contribution >= 0.6 is 24.0 Å². The summed E-state index contributed by atoms with van der Waals surface area (Å²) in [6.45, 7) is 4.94. The molecule has 0 aliphatic heterocycles. The highest BCUT2D eigenvalue weighted by molar-refractivity contribution is 14.0. The van der Waals surface area contributed by atoms with Crippen LogP contribution in [-0.4, -0.2) is 43.1 Å². The molecule has 30 heavy (non-hydrogen) atoms. The van der Waals surface area contributed by atoms with Gasteiger partial charge < -0.3 is 24.9 Å². The van der Waals surface area contributed by atoms with Crippen molar-refractivity contribution in [2.75, 3.05) is 26.7 Å². The summed E-state index contributed by atoms with van der Waals surface area (Å²) in [6.07, 6.45) is 5.45. The summed E-state index contributed by atoms with van der Waals surface area (Å²) >= 11 is 0. The number of amides is 1. The Morgan fingerprint density at radius 1 is 1.03 bits per heavy atom. The molecule has 0 spiro atoms. The van der Waals surface area contributed by atoms with Crippen molar-refractivity contribution >= 4 is 46.7 Å². The standard InChI is InChI=1S/C22H29N5O2.HI/c1-17-10-16-29-20(17)21(28)24-11-5-12-25-22(23-2)26-13-6-14-27-15-9-18-7-3-4-8-19(18)27;/h3-4,7-10,15-16H,5-6,11-14H2,1-2H3,(H,24,28)(H2,23,25,26);1H. The number of halogens is 1. The number of guanidine groups is 1. The Balaban J connectivity index is 0.00000320. The Labute approximate surface area is 194 Å². The fraction of sp³-hybridized carbons (Fsp3) is 0.364. The summed E-state index contributed by atoms with van der Waals surface area (Å²) in [5.74, 6) is 0.981. The molecule has 7 nitrogen and oxygen atoms in total. The van der Waals surface area contributed by atoms with Crippen molar-refractivity contribution in [2.45, 2.75) is 26.3 Å². The quantitative estimate of drug-likeness (QED) is 0.174. The number of aryl methyl sites for hydroxylation is 2. The van der Waals surface area contributed by atoms with Gasteiger partial charge in [-0.1, -0.05) is 18.2 Å². The van der Waals surface area contributed by atoms with E-state index in [2.05, 4.69) is 62.0 Å². The predicted molar refractivity (Wildman–Crippen MR) is 132 cm³/mol. The van der Waals surface area contributed by atoms with E-state index in [0.717, 1.165) is 44.0 Å². The first kappa shape index (κ1) is 23.8. The summed E-state index contributed by atoms with van der Waals surface area (Å²) < 4.78 is 7.46. The third-order valence-electron chi connectivity index (χ3n) is 4.77. The van der Waals surface area contributed by atoms with Crippen LogP contribution in [0.25, 0.3) is 10.9 Å². The molecule has 8 heteroatoms. The van der Waals surface area contributed by atoms with Gasteiger partial charge in [0, 0.05) is 50.5 Å². The van der Waals surface area contributed by atoms with E-state index in [9.17, 15) is 4.79 Å². The maximum atomic E-state index is 12.0. The first-order chi connectivity index (χ1) is 14.2. The third-order valence-corrected chi connectivity index (χ3v) is 4.77. The number of para-hydroxylation sites is 1. The molecule has 3 rings (SSSR count). The average molecular weight is 523 g/mol. The van der Waals surface area contributed by atoms with Gasteiger partial charge in [-0.2, -0.15) is 0 Å². The van der Waals surface area contributed by atoms with Crippen molar-refractivity contribution in [3.05, 3.63) is 60.2 Å². The van der Waals surface area contributed by atoms with E-state index in [1.54, 1.807) is 13.1 Å². The van der Waals surface area contributed by atoms with Gasteiger partial charge in [0.15, 0.2) is 11.7 Å². The van der Waals surface area contributed by atoms with Crippen LogP contribution in [0.3, 0.4) is 0 Å². The average Bonchev–Trinajstić information content (AvgIpc) is 3.35. The minimum absolute atomic E-state index is 0. The van der Waals surface area contributed by atoms with Gasteiger partial charge in [0.1, 0.15) is 0 Å². The number of rotatable bonds is 9. The number of nitrogens with one attached hydrogen (secondary N) is 3. The zero-order chi connectivity index (χ0) is 20.5. The van der Waals surface area contributed by atoms with Gasteiger partial charge in [-0.3, -0.25) is 9.79 Å². The molecule has 0 bridgehead atoms. The number of fused-ring (bicyclic) bond motifs is 1. The van der Waals surface area contributed by atoms with Gasteiger partial charge in [0.05, 0.1) is 6.26 Å². The molecule has 0 aliphatic rings. The summed E-state index contributed by atoms with van der Waals surface area (Å²) in [4.78, 5) is 16.2. The maximum Gasteiger partial charge on any atom is 0.287 e. The van der Waals surface area contributed by atoms with Crippen LogP contribution in [0.1, 0.15) is 29.0 Å². The van der Waals surface area contributed by atoms with Crippen LogP contribution in [0.15, 0.2) is 58.3 Å². The minimum Gasteiger partial charge on any atom is -0.459 e. The maximum absolute atomic E-state index is 12.0. The Morgan fingerprint density at radius 2 is 1.77 bits per heavy atom. The first-order valence-corrected chi connectivity index (χ1v) is 9.99. The minimum atomic E-state index is -0.174. The Morgan fingerprint density at radius 3 is 2.50 bits per heavy atom. The molecule has 2 heterocycles. The van der Waals surface area contributed by atoms with Gasteiger partial charge in [0.2, 0.25) is 0 Å². The number of aromatic nitrogens is 1. The number of nitrogens with zero attached hydrogens (tertiary/aromatic N) is 2.